The summed E-state index contributed by atoms with van der Waals surface area (Å²) in [6, 6.07) is 12.4. The number of hydrogen-bond acceptors (Lipinski definition) is 5. The predicted molar refractivity (Wildman–Crippen MR) is 102 cm³/mol. The molecule has 0 amide bonds. The summed E-state index contributed by atoms with van der Waals surface area (Å²) in [6.45, 7) is 2.68. The van der Waals surface area contributed by atoms with E-state index in [0.29, 0.717) is 5.95 Å². The van der Waals surface area contributed by atoms with Crippen LogP contribution < -0.4 is 5.73 Å². The van der Waals surface area contributed by atoms with Crippen molar-refractivity contribution in [3.8, 4) is 11.3 Å². The number of pyridine rings is 1. The first-order chi connectivity index (χ1) is 12.2. The molecule has 0 aliphatic carbocycles. The molecule has 0 saturated heterocycles. The number of rotatable bonds is 3. The second kappa shape index (κ2) is 6.90. The van der Waals surface area contributed by atoms with Crippen LogP contribution in [0.3, 0.4) is 0 Å². The average Bonchev–Trinajstić information content (AvgIpc) is 2.63. The summed E-state index contributed by atoms with van der Waals surface area (Å²) in [5, 5.41) is 0. The van der Waals surface area contributed by atoms with Crippen molar-refractivity contribution in [2.24, 2.45) is 0 Å². The highest BCUT2D eigenvalue weighted by Crippen LogP contribution is 2.26. The van der Waals surface area contributed by atoms with E-state index >= 15 is 0 Å². The minimum Gasteiger partial charge on any atom is -0.368 e. The van der Waals surface area contributed by atoms with Gasteiger partial charge in [-0.2, -0.15) is 0 Å². The maximum Gasteiger partial charge on any atom is 0.220 e. The number of nitrogens with two attached hydrogens (primary N) is 1. The molecule has 0 spiro atoms. The molecule has 2 N–H and O–H groups in total. The smallest absolute Gasteiger partial charge is 0.220 e. The molecule has 0 unspecified atom stereocenters. The number of halogens is 1. The molecule has 0 radical (unpaired) electrons. The number of nitrogens with zero attached hydrogens (tertiary/aromatic N) is 4. The average molecular weight is 396 g/mol. The van der Waals surface area contributed by atoms with Crippen molar-refractivity contribution >= 4 is 21.9 Å². The molecule has 2 aromatic heterocycles. The third-order valence-electron chi connectivity index (χ3n) is 4.41. The highest BCUT2D eigenvalue weighted by Gasteiger charge is 2.18. The van der Waals surface area contributed by atoms with Crippen LogP contribution in [-0.2, 0) is 19.5 Å². The zero-order valence-electron chi connectivity index (χ0n) is 13.7. The summed E-state index contributed by atoms with van der Waals surface area (Å²) in [4.78, 5) is 15.5. The third-order valence-corrected chi connectivity index (χ3v) is 5.10. The maximum absolute atomic E-state index is 5.67. The van der Waals surface area contributed by atoms with Crippen LogP contribution in [0, 0.1) is 0 Å². The van der Waals surface area contributed by atoms with Gasteiger partial charge < -0.3 is 5.73 Å². The molecule has 6 heteroatoms. The van der Waals surface area contributed by atoms with E-state index in [9.17, 15) is 0 Å². The van der Waals surface area contributed by atoms with Crippen LogP contribution in [0.15, 0.2) is 53.3 Å². The van der Waals surface area contributed by atoms with Crippen molar-refractivity contribution in [3.05, 3.63) is 70.1 Å². The summed E-state index contributed by atoms with van der Waals surface area (Å²) >= 11 is 3.58. The maximum atomic E-state index is 5.67. The lowest BCUT2D eigenvalue weighted by Gasteiger charge is -2.27. The fourth-order valence-corrected chi connectivity index (χ4v) is 3.62. The lowest BCUT2D eigenvalue weighted by Crippen LogP contribution is -2.31. The van der Waals surface area contributed by atoms with Gasteiger partial charge in [-0.15, -0.1) is 0 Å². The van der Waals surface area contributed by atoms with E-state index in [1.165, 1.54) is 11.1 Å². The van der Waals surface area contributed by atoms with Crippen molar-refractivity contribution in [1.82, 2.24) is 19.9 Å². The van der Waals surface area contributed by atoms with Crippen LogP contribution in [0.5, 0.6) is 0 Å². The van der Waals surface area contributed by atoms with Gasteiger partial charge in [0.05, 0.1) is 11.4 Å². The molecule has 3 heterocycles. The van der Waals surface area contributed by atoms with Gasteiger partial charge in [0.1, 0.15) is 0 Å². The third kappa shape index (κ3) is 3.55. The lowest BCUT2D eigenvalue weighted by molar-refractivity contribution is 0.243. The molecule has 3 aromatic rings. The largest absolute Gasteiger partial charge is 0.368 e. The van der Waals surface area contributed by atoms with Crippen LogP contribution in [0.25, 0.3) is 11.3 Å². The number of aromatic nitrogens is 3. The molecular weight excluding hydrogens is 378 g/mol. The number of anilines is 1. The molecule has 0 saturated carbocycles. The zero-order valence-corrected chi connectivity index (χ0v) is 15.3. The van der Waals surface area contributed by atoms with E-state index in [1.54, 1.807) is 0 Å². The number of fused-ring (bicyclic) bond motifs is 1. The van der Waals surface area contributed by atoms with Gasteiger partial charge in [0.2, 0.25) is 5.95 Å². The summed E-state index contributed by atoms with van der Waals surface area (Å²) in [7, 11) is 0. The second-order valence-electron chi connectivity index (χ2n) is 6.19. The molecule has 0 bridgehead atoms. The molecule has 4 rings (SSSR count). The van der Waals surface area contributed by atoms with Gasteiger partial charge in [-0.05, 0) is 17.7 Å². The minimum atomic E-state index is 0.360. The number of benzene rings is 1. The van der Waals surface area contributed by atoms with Crippen molar-refractivity contribution in [1.29, 1.82) is 0 Å². The first-order valence-electron chi connectivity index (χ1n) is 8.21. The van der Waals surface area contributed by atoms with Crippen molar-refractivity contribution in [2.75, 3.05) is 12.3 Å². The summed E-state index contributed by atoms with van der Waals surface area (Å²) in [6.07, 6.45) is 4.71. The molecule has 1 aliphatic heterocycles. The Balaban J connectivity index is 1.47. The van der Waals surface area contributed by atoms with E-state index in [1.807, 2.05) is 30.6 Å². The van der Waals surface area contributed by atoms with E-state index in [0.717, 1.165) is 47.5 Å². The monoisotopic (exact) mass is 395 g/mol. The molecular formula is C19H18BrN5. The fraction of sp³-hybridized carbons (Fsp3) is 0.211. The Kier molecular flexibility index (Phi) is 4.46. The van der Waals surface area contributed by atoms with E-state index in [-0.39, 0.29) is 0 Å². The van der Waals surface area contributed by atoms with E-state index in [4.69, 9.17) is 5.73 Å². The molecule has 0 atom stereocenters. The molecule has 126 valence electrons. The Bertz CT molecular complexity index is 895. The Morgan fingerprint density at radius 3 is 2.76 bits per heavy atom. The normalized spacial score (nSPS) is 14.3. The molecule has 0 fully saturated rings. The molecule has 1 aliphatic rings. The minimum absolute atomic E-state index is 0.360. The van der Waals surface area contributed by atoms with E-state index in [2.05, 4.69) is 54.0 Å². The fourth-order valence-electron chi connectivity index (χ4n) is 3.13. The van der Waals surface area contributed by atoms with Gasteiger partial charge in [-0.3, -0.25) is 9.88 Å². The topological polar surface area (TPSA) is 67.9 Å². The molecule has 1 aromatic carbocycles. The number of nitrogen functional groups attached to an aromatic ring is 1. The van der Waals surface area contributed by atoms with Gasteiger partial charge >= 0.3 is 0 Å². The Hall–Kier alpha value is -2.31. The van der Waals surface area contributed by atoms with Crippen LogP contribution in [0.1, 0.15) is 16.8 Å². The molecule has 25 heavy (non-hydrogen) atoms. The zero-order chi connectivity index (χ0) is 17.2. The molecule has 5 nitrogen and oxygen atoms in total. The van der Waals surface area contributed by atoms with Crippen LogP contribution in [0.2, 0.25) is 0 Å². The second-order valence-corrected chi connectivity index (χ2v) is 7.05. The number of hydrogen-bond donors (Lipinski definition) is 1. The van der Waals surface area contributed by atoms with Crippen LogP contribution in [-0.4, -0.2) is 26.4 Å². The Morgan fingerprint density at radius 2 is 1.96 bits per heavy atom. The van der Waals surface area contributed by atoms with Gasteiger partial charge in [-0.25, -0.2) is 9.97 Å². The SMILES string of the molecule is Nc1ncc2c(n1)CCN(Cc1ccc(-c3ccccc3Br)nc1)C2. The van der Waals surface area contributed by atoms with Crippen LogP contribution in [0.4, 0.5) is 5.95 Å². The van der Waals surface area contributed by atoms with Crippen molar-refractivity contribution in [2.45, 2.75) is 19.5 Å². The Labute approximate surface area is 155 Å². The highest BCUT2D eigenvalue weighted by molar-refractivity contribution is 9.10. The Morgan fingerprint density at radius 1 is 1.08 bits per heavy atom. The van der Waals surface area contributed by atoms with Crippen LogP contribution >= 0.6 is 15.9 Å². The summed E-state index contributed by atoms with van der Waals surface area (Å²) in [5.74, 6) is 0.360. The summed E-state index contributed by atoms with van der Waals surface area (Å²) < 4.78 is 1.06. The van der Waals surface area contributed by atoms with Gasteiger partial charge in [-0.1, -0.05) is 40.2 Å². The summed E-state index contributed by atoms with van der Waals surface area (Å²) in [5.41, 5.74) is 11.2. The van der Waals surface area contributed by atoms with Gasteiger partial charge in [0, 0.05) is 54.0 Å². The van der Waals surface area contributed by atoms with Crippen molar-refractivity contribution < 1.29 is 0 Å². The lowest BCUT2D eigenvalue weighted by atomic mass is 10.1. The highest BCUT2D eigenvalue weighted by atomic mass is 79.9. The van der Waals surface area contributed by atoms with E-state index < -0.39 is 0 Å². The standard InChI is InChI=1S/C19H18BrN5/c20-16-4-2-1-3-15(16)18-6-5-13(9-22-18)11-25-8-7-17-14(12-25)10-23-19(21)24-17/h1-6,9-10H,7-8,11-12H2,(H2,21,23,24). The first-order valence-corrected chi connectivity index (χ1v) is 9.01. The van der Waals surface area contributed by atoms with Gasteiger partial charge in [0.15, 0.2) is 0 Å². The van der Waals surface area contributed by atoms with Gasteiger partial charge in [0.25, 0.3) is 0 Å². The predicted octanol–water partition coefficient (Wildman–Crippen LogP) is 3.44. The quantitative estimate of drug-likeness (QED) is 0.735. The first kappa shape index (κ1) is 16.2. The van der Waals surface area contributed by atoms with Crippen molar-refractivity contribution in [3.63, 3.8) is 0 Å².